The van der Waals surface area contributed by atoms with Crippen LogP contribution < -0.4 is 10.6 Å². The number of likely N-dealkylation sites (tertiary alicyclic amines) is 1. The van der Waals surface area contributed by atoms with Crippen LogP contribution in [0.25, 0.3) is 10.8 Å². The molecule has 1 saturated heterocycles. The number of nitrogens with zero attached hydrogens (tertiary/aromatic N) is 1. The molecule has 1 amide bonds. The van der Waals surface area contributed by atoms with Crippen LogP contribution in [0.5, 0.6) is 0 Å². The largest absolute Gasteiger partial charge is 0.355 e. The lowest BCUT2D eigenvalue weighted by Gasteiger charge is -2.24. The number of amides is 1. The molecule has 0 bridgehead atoms. The fraction of sp³-hybridized carbons (Fsp3) is 0.320. The van der Waals surface area contributed by atoms with E-state index in [1.165, 1.54) is 22.4 Å². The average molecular weight is 424 g/mol. The van der Waals surface area contributed by atoms with E-state index in [9.17, 15) is 13.6 Å². The van der Waals surface area contributed by atoms with Crippen molar-refractivity contribution in [3.8, 4) is 0 Å². The van der Waals surface area contributed by atoms with Crippen LogP contribution in [0, 0.1) is 11.6 Å². The van der Waals surface area contributed by atoms with Gasteiger partial charge < -0.3 is 10.6 Å². The summed E-state index contributed by atoms with van der Waals surface area (Å²) in [6.45, 7) is 4.30. The standard InChI is InChI=1S/C25H27F2N3O/c1-2-28-25(31)24-13-20(29-14-17-10-11-22(26)23(27)12-17)16-30(24)15-19-8-5-7-18-6-3-4-9-21(18)19/h3-12,20,24,29H,2,13-16H2,1H3,(H,28,31)/t20-,24-/m0/s1. The van der Waals surface area contributed by atoms with E-state index in [2.05, 4.69) is 39.8 Å². The third-order valence-electron chi connectivity index (χ3n) is 5.89. The molecule has 4 nitrogen and oxygen atoms in total. The zero-order valence-corrected chi connectivity index (χ0v) is 17.6. The van der Waals surface area contributed by atoms with E-state index in [1.807, 2.05) is 25.1 Å². The maximum atomic E-state index is 13.5. The molecule has 3 aromatic carbocycles. The summed E-state index contributed by atoms with van der Waals surface area (Å²) in [7, 11) is 0. The Labute approximate surface area is 181 Å². The van der Waals surface area contributed by atoms with Crippen molar-refractivity contribution in [3.63, 3.8) is 0 Å². The molecule has 0 aromatic heterocycles. The Morgan fingerprint density at radius 3 is 2.68 bits per heavy atom. The molecule has 0 spiro atoms. The number of hydrogen-bond acceptors (Lipinski definition) is 3. The lowest BCUT2D eigenvalue weighted by Crippen LogP contribution is -2.42. The third kappa shape index (κ3) is 4.92. The van der Waals surface area contributed by atoms with E-state index < -0.39 is 11.6 Å². The van der Waals surface area contributed by atoms with Gasteiger partial charge in [-0.1, -0.05) is 48.5 Å². The number of carbonyl (C=O) groups excluding carboxylic acids is 1. The Morgan fingerprint density at radius 2 is 1.87 bits per heavy atom. The third-order valence-corrected chi connectivity index (χ3v) is 5.89. The summed E-state index contributed by atoms with van der Waals surface area (Å²) >= 11 is 0. The number of rotatable bonds is 7. The molecule has 0 unspecified atom stereocenters. The summed E-state index contributed by atoms with van der Waals surface area (Å²) in [4.78, 5) is 14.9. The van der Waals surface area contributed by atoms with Gasteiger partial charge >= 0.3 is 0 Å². The number of fused-ring (bicyclic) bond motifs is 1. The molecule has 31 heavy (non-hydrogen) atoms. The number of likely N-dealkylation sites (N-methyl/N-ethyl adjacent to an activating group) is 1. The summed E-state index contributed by atoms with van der Waals surface area (Å²) in [5, 5.41) is 8.74. The first-order valence-corrected chi connectivity index (χ1v) is 10.7. The van der Waals surface area contributed by atoms with E-state index in [-0.39, 0.29) is 18.0 Å². The average Bonchev–Trinajstić information content (AvgIpc) is 3.18. The van der Waals surface area contributed by atoms with Crippen LogP contribution in [-0.4, -0.2) is 36.0 Å². The van der Waals surface area contributed by atoms with Crippen molar-refractivity contribution in [2.24, 2.45) is 0 Å². The molecule has 3 aromatic rings. The van der Waals surface area contributed by atoms with Gasteiger partial charge in [0, 0.05) is 32.2 Å². The van der Waals surface area contributed by atoms with Gasteiger partial charge in [-0.05, 0) is 47.4 Å². The minimum atomic E-state index is -0.845. The van der Waals surface area contributed by atoms with E-state index in [4.69, 9.17) is 0 Å². The molecular weight excluding hydrogens is 396 g/mol. The molecule has 6 heteroatoms. The minimum absolute atomic E-state index is 0.0277. The topological polar surface area (TPSA) is 44.4 Å². The zero-order valence-electron chi connectivity index (χ0n) is 17.6. The molecule has 2 N–H and O–H groups in total. The molecule has 1 aliphatic rings. The Kier molecular flexibility index (Phi) is 6.59. The highest BCUT2D eigenvalue weighted by Crippen LogP contribution is 2.25. The van der Waals surface area contributed by atoms with Gasteiger partial charge in [-0.15, -0.1) is 0 Å². The van der Waals surface area contributed by atoms with E-state index >= 15 is 0 Å². The monoisotopic (exact) mass is 423 g/mol. The van der Waals surface area contributed by atoms with Gasteiger partial charge in [0.25, 0.3) is 0 Å². The van der Waals surface area contributed by atoms with Crippen LogP contribution in [0.15, 0.2) is 60.7 Å². The summed E-state index contributed by atoms with van der Waals surface area (Å²) in [6, 6.07) is 18.3. The molecule has 1 heterocycles. The molecule has 162 valence electrons. The van der Waals surface area contributed by atoms with Crippen molar-refractivity contribution in [1.29, 1.82) is 0 Å². The molecule has 4 rings (SSSR count). The van der Waals surface area contributed by atoms with Gasteiger partial charge in [0.15, 0.2) is 11.6 Å². The Balaban J connectivity index is 1.49. The minimum Gasteiger partial charge on any atom is -0.355 e. The number of halogens is 2. The van der Waals surface area contributed by atoms with Gasteiger partial charge in [-0.3, -0.25) is 9.69 Å². The number of benzene rings is 3. The maximum absolute atomic E-state index is 13.5. The highest BCUT2D eigenvalue weighted by Gasteiger charge is 2.36. The van der Waals surface area contributed by atoms with E-state index in [1.54, 1.807) is 6.07 Å². The molecule has 1 aliphatic heterocycles. The SMILES string of the molecule is CCNC(=O)[C@@H]1C[C@H](NCc2ccc(F)c(F)c2)CN1Cc1cccc2ccccc12. The summed E-state index contributed by atoms with van der Waals surface area (Å²) in [6.07, 6.45) is 0.667. The van der Waals surface area contributed by atoms with Crippen molar-refractivity contribution in [2.75, 3.05) is 13.1 Å². The first kappa shape index (κ1) is 21.4. The molecule has 0 aliphatic carbocycles. The number of hydrogen-bond donors (Lipinski definition) is 2. The quantitative estimate of drug-likeness (QED) is 0.604. The first-order valence-electron chi connectivity index (χ1n) is 10.7. The van der Waals surface area contributed by atoms with Crippen LogP contribution in [0.1, 0.15) is 24.5 Å². The number of nitrogens with one attached hydrogen (secondary N) is 2. The van der Waals surface area contributed by atoms with Crippen LogP contribution in [0.2, 0.25) is 0 Å². The van der Waals surface area contributed by atoms with Crippen molar-refractivity contribution in [2.45, 2.75) is 38.5 Å². The lowest BCUT2D eigenvalue weighted by molar-refractivity contribution is -0.125. The van der Waals surface area contributed by atoms with Crippen molar-refractivity contribution in [3.05, 3.63) is 83.4 Å². The van der Waals surface area contributed by atoms with Crippen molar-refractivity contribution < 1.29 is 13.6 Å². The lowest BCUT2D eigenvalue weighted by atomic mass is 10.0. The predicted molar refractivity (Wildman–Crippen MR) is 118 cm³/mol. The fourth-order valence-corrected chi connectivity index (χ4v) is 4.35. The Morgan fingerprint density at radius 1 is 1.06 bits per heavy atom. The maximum Gasteiger partial charge on any atom is 0.237 e. The zero-order chi connectivity index (χ0) is 21.8. The highest BCUT2D eigenvalue weighted by atomic mass is 19.2. The second-order valence-corrected chi connectivity index (χ2v) is 8.04. The van der Waals surface area contributed by atoms with Gasteiger partial charge in [0.1, 0.15) is 0 Å². The van der Waals surface area contributed by atoms with Crippen LogP contribution in [0.3, 0.4) is 0 Å². The molecule has 0 radical (unpaired) electrons. The highest BCUT2D eigenvalue weighted by molar-refractivity contribution is 5.86. The van der Waals surface area contributed by atoms with Crippen LogP contribution in [-0.2, 0) is 17.9 Å². The van der Waals surface area contributed by atoms with Crippen LogP contribution >= 0.6 is 0 Å². The smallest absolute Gasteiger partial charge is 0.237 e. The molecule has 0 saturated carbocycles. The van der Waals surface area contributed by atoms with Gasteiger partial charge in [0.2, 0.25) is 5.91 Å². The second kappa shape index (κ2) is 9.54. The van der Waals surface area contributed by atoms with Crippen molar-refractivity contribution in [1.82, 2.24) is 15.5 Å². The summed E-state index contributed by atoms with van der Waals surface area (Å²) in [5.41, 5.74) is 1.87. The molecule has 2 atom stereocenters. The second-order valence-electron chi connectivity index (χ2n) is 8.04. The Hall–Kier alpha value is -2.83. The first-order chi connectivity index (χ1) is 15.0. The number of carbonyl (C=O) groups is 1. The van der Waals surface area contributed by atoms with Crippen molar-refractivity contribution >= 4 is 16.7 Å². The summed E-state index contributed by atoms with van der Waals surface area (Å²) in [5.74, 6) is -1.66. The fourth-order valence-electron chi connectivity index (χ4n) is 4.35. The van der Waals surface area contributed by atoms with E-state index in [0.29, 0.717) is 38.2 Å². The summed E-state index contributed by atoms with van der Waals surface area (Å²) < 4.78 is 26.7. The molecule has 1 fully saturated rings. The van der Waals surface area contributed by atoms with E-state index in [0.717, 1.165) is 6.07 Å². The van der Waals surface area contributed by atoms with Crippen LogP contribution in [0.4, 0.5) is 8.78 Å². The van der Waals surface area contributed by atoms with Gasteiger partial charge in [0.05, 0.1) is 6.04 Å². The normalized spacial score (nSPS) is 19.1. The Bertz CT molecular complexity index is 1070. The molecular formula is C25H27F2N3O. The van der Waals surface area contributed by atoms with Gasteiger partial charge in [-0.2, -0.15) is 0 Å². The predicted octanol–water partition coefficient (Wildman–Crippen LogP) is 3.99. The van der Waals surface area contributed by atoms with Gasteiger partial charge in [-0.25, -0.2) is 8.78 Å².